The normalized spacial score (nSPS) is 15.2. The van der Waals surface area contributed by atoms with Crippen LogP contribution in [0.25, 0.3) is 0 Å². The number of likely N-dealkylation sites (N-methyl/N-ethyl adjacent to an activating group) is 1. The number of hydrogen-bond donors (Lipinski definition) is 1. The van der Waals surface area contributed by atoms with Crippen LogP contribution in [0.4, 0.5) is 0 Å². The van der Waals surface area contributed by atoms with Crippen LogP contribution in [0.3, 0.4) is 0 Å². The molecule has 1 fully saturated rings. The van der Waals surface area contributed by atoms with Gasteiger partial charge in [0.2, 0.25) is 0 Å². The third kappa shape index (κ3) is 4.36. The monoisotopic (exact) mass is 234 g/mol. The van der Waals surface area contributed by atoms with Crippen LogP contribution in [0.1, 0.15) is 18.4 Å². The lowest BCUT2D eigenvalue weighted by molar-refractivity contribution is 0.323. The van der Waals surface area contributed by atoms with Crippen LogP contribution in [0.5, 0.6) is 5.75 Å². The van der Waals surface area contributed by atoms with Crippen molar-refractivity contribution in [1.82, 2.24) is 10.2 Å². The molecular formula is C14H22N2O. The van der Waals surface area contributed by atoms with Gasteiger partial charge in [-0.3, -0.25) is 0 Å². The van der Waals surface area contributed by atoms with Crippen molar-refractivity contribution in [3.63, 3.8) is 0 Å². The summed E-state index contributed by atoms with van der Waals surface area (Å²) in [5.41, 5.74) is 1.33. The third-order valence-corrected chi connectivity index (χ3v) is 3.12. The molecule has 0 bridgehead atoms. The number of benzene rings is 1. The van der Waals surface area contributed by atoms with E-state index in [-0.39, 0.29) is 0 Å². The van der Waals surface area contributed by atoms with E-state index in [1.165, 1.54) is 18.4 Å². The number of nitrogens with zero attached hydrogens (tertiary/aromatic N) is 1. The third-order valence-electron chi connectivity index (χ3n) is 3.12. The SMILES string of the molecule is COc1ccc(CN(C)CCNC2CC2)cc1. The van der Waals surface area contributed by atoms with Gasteiger partial charge in [0.15, 0.2) is 0 Å². The van der Waals surface area contributed by atoms with Gasteiger partial charge in [-0.25, -0.2) is 0 Å². The molecule has 1 aromatic rings. The van der Waals surface area contributed by atoms with Crippen molar-refractivity contribution >= 4 is 0 Å². The first kappa shape index (κ1) is 12.4. The maximum Gasteiger partial charge on any atom is 0.118 e. The van der Waals surface area contributed by atoms with E-state index in [9.17, 15) is 0 Å². The van der Waals surface area contributed by atoms with Crippen LogP contribution in [0.2, 0.25) is 0 Å². The van der Waals surface area contributed by atoms with Crippen LogP contribution >= 0.6 is 0 Å². The Morgan fingerprint density at radius 1 is 1.29 bits per heavy atom. The lowest BCUT2D eigenvalue weighted by Crippen LogP contribution is -2.29. The average Bonchev–Trinajstić information content (AvgIpc) is 3.14. The molecule has 0 amide bonds. The predicted octanol–water partition coefficient (Wildman–Crippen LogP) is 1.88. The van der Waals surface area contributed by atoms with Crippen LogP contribution in [-0.4, -0.2) is 38.2 Å². The molecule has 0 aliphatic heterocycles. The molecule has 1 aliphatic carbocycles. The number of methoxy groups -OCH3 is 1. The fourth-order valence-corrected chi connectivity index (χ4v) is 1.87. The van der Waals surface area contributed by atoms with Crippen LogP contribution in [0.15, 0.2) is 24.3 Å². The van der Waals surface area contributed by atoms with Crippen molar-refractivity contribution < 1.29 is 4.74 Å². The van der Waals surface area contributed by atoms with E-state index < -0.39 is 0 Å². The van der Waals surface area contributed by atoms with Gasteiger partial charge in [-0.05, 0) is 37.6 Å². The summed E-state index contributed by atoms with van der Waals surface area (Å²) in [4.78, 5) is 2.34. The largest absolute Gasteiger partial charge is 0.497 e. The van der Waals surface area contributed by atoms with E-state index in [1.807, 2.05) is 12.1 Å². The Kier molecular flexibility index (Phi) is 4.40. The van der Waals surface area contributed by atoms with E-state index in [0.29, 0.717) is 0 Å². The molecule has 1 aromatic carbocycles. The first-order chi connectivity index (χ1) is 8.28. The zero-order valence-corrected chi connectivity index (χ0v) is 10.8. The number of ether oxygens (including phenoxy) is 1. The molecule has 1 saturated carbocycles. The van der Waals surface area contributed by atoms with Gasteiger partial charge in [0, 0.05) is 25.7 Å². The number of hydrogen-bond acceptors (Lipinski definition) is 3. The van der Waals surface area contributed by atoms with Crippen molar-refractivity contribution in [2.24, 2.45) is 0 Å². The molecule has 3 nitrogen and oxygen atoms in total. The smallest absolute Gasteiger partial charge is 0.118 e. The van der Waals surface area contributed by atoms with E-state index in [4.69, 9.17) is 4.74 Å². The molecule has 0 radical (unpaired) electrons. The molecule has 0 atom stereocenters. The molecule has 0 saturated heterocycles. The highest BCUT2D eigenvalue weighted by molar-refractivity contribution is 5.26. The van der Waals surface area contributed by atoms with Gasteiger partial charge in [-0.1, -0.05) is 12.1 Å². The molecule has 1 aliphatic rings. The predicted molar refractivity (Wildman–Crippen MR) is 70.4 cm³/mol. The molecule has 3 heteroatoms. The molecular weight excluding hydrogens is 212 g/mol. The Balaban J connectivity index is 1.70. The van der Waals surface area contributed by atoms with Gasteiger partial charge in [-0.15, -0.1) is 0 Å². The fraction of sp³-hybridized carbons (Fsp3) is 0.571. The maximum absolute atomic E-state index is 5.15. The van der Waals surface area contributed by atoms with E-state index >= 15 is 0 Å². The second kappa shape index (κ2) is 6.03. The molecule has 0 heterocycles. The van der Waals surface area contributed by atoms with Crippen molar-refractivity contribution in [1.29, 1.82) is 0 Å². The number of nitrogens with one attached hydrogen (secondary N) is 1. The summed E-state index contributed by atoms with van der Waals surface area (Å²) in [6.07, 6.45) is 2.73. The van der Waals surface area contributed by atoms with E-state index in [0.717, 1.165) is 31.4 Å². The van der Waals surface area contributed by atoms with Gasteiger partial charge in [0.1, 0.15) is 5.75 Å². The van der Waals surface area contributed by atoms with Crippen molar-refractivity contribution in [2.45, 2.75) is 25.4 Å². The Morgan fingerprint density at radius 3 is 2.59 bits per heavy atom. The molecule has 17 heavy (non-hydrogen) atoms. The fourth-order valence-electron chi connectivity index (χ4n) is 1.87. The Morgan fingerprint density at radius 2 is 2.00 bits per heavy atom. The second-order valence-electron chi connectivity index (χ2n) is 4.81. The minimum absolute atomic E-state index is 0.810. The summed E-state index contributed by atoms with van der Waals surface area (Å²) in [6, 6.07) is 9.11. The van der Waals surface area contributed by atoms with Crippen LogP contribution < -0.4 is 10.1 Å². The summed E-state index contributed by atoms with van der Waals surface area (Å²) < 4.78 is 5.15. The topological polar surface area (TPSA) is 24.5 Å². The highest BCUT2D eigenvalue weighted by atomic mass is 16.5. The van der Waals surface area contributed by atoms with Crippen molar-refractivity contribution in [2.75, 3.05) is 27.2 Å². The zero-order valence-electron chi connectivity index (χ0n) is 10.8. The Labute approximate surface area is 104 Å². The average molecular weight is 234 g/mol. The quantitative estimate of drug-likeness (QED) is 0.779. The van der Waals surface area contributed by atoms with Crippen molar-refractivity contribution in [3.8, 4) is 5.75 Å². The van der Waals surface area contributed by atoms with Gasteiger partial charge < -0.3 is 15.0 Å². The molecule has 0 unspecified atom stereocenters. The van der Waals surface area contributed by atoms with Crippen LogP contribution in [0, 0.1) is 0 Å². The summed E-state index contributed by atoms with van der Waals surface area (Å²) in [5, 5.41) is 3.53. The highest BCUT2D eigenvalue weighted by Crippen LogP contribution is 2.18. The zero-order chi connectivity index (χ0) is 12.1. The lowest BCUT2D eigenvalue weighted by atomic mass is 10.2. The van der Waals surface area contributed by atoms with Gasteiger partial charge in [-0.2, -0.15) is 0 Å². The van der Waals surface area contributed by atoms with E-state index in [2.05, 4.69) is 29.4 Å². The van der Waals surface area contributed by atoms with Gasteiger partial charge >= 0.3 is 0 Å². The summed E-state index contributed by atoms with van der Waals surface area (Å²) >= 11 is 0. The van der Waals surface area contributed by atoms with Gasteiger partial charge in [0.05, 0.1) is 7.11 Å². The standard InChI is InChI=1S/C14H22N2O/c1-16(10-9-15-13-5-6-13)11-12-3-7-14(17-2)8-4-12/h3-4,7-8,13,15H,5-6,9-11H2,1-2H3. The van der Waals surface area contributed by atoms with Crippen LogP contribution in [-0.2, 0) is 6.54 Å². The maximum atomic E-state index is 5.15. The highest BCUT2D eigenvalue weighted by Gasteiger charge is 2.19. The van der Waals surface area contributed by atoms with Gasteiger partial charge in [0.25, 0.3) is 0 Å². The van der Waals surface area contributed by atoms with E-state index in [1.54, 1.807) is 7.11 Å². The summed E-state index contributed by atoms with van der Waals surface area (Å²) in [7, 11) is 3.86. The first-order valence-electron chi connectivity index (χ1n) is 6.33. The summed E-state index contributed by atoms with van der Waals surface area (Å²) in [6.45, 7) is 3.19. The molecule has 1 N–H and O–H groups in total. The minimum atomic E-state index is 0.810. The second-order valence-corrected chi connectivity index (χ2v) is 4.81. The number of rotatable bonds is 7. The first-order valence-corrected chi connectivity index (χ1v) is 6.33. The molecule has 0 aromatic heterocycles. The minimum Gasteiger partial charge on any atom is -0.497 e. The van der Waals surface area contributed by atoms with Crippen molar-refractivity contribution in [3.05, 3.63) is 29.8 Å². The Bertz CT molecular complexity index is 333. The lowest BCUT2D eigenvalue weighted by Gasteiger charge is -2.17. The Hall–Kier alpha value is -1.06. The molecule has 0 spiro atoms. The molecule has 94 valence electrons. The molecule has 2 rings (SSSR count). The summed E-state index contributed by atoms with van der Waals surface area (Å²) in [5.74, 6) is 0.923.